The summed E-state index contributed by atoms with van der Waals surface area (Å²) in [5.74, 6) is -1.24. The van der Waals surface area contributed by atoms with E-state index in [0.29, 0.717) is 0 Å². The number of aliphatic hydroxyl groups excluding tert-OH is 1. The largest absolute Gasteiger partial charge is 0.480 e. The second kappa shape index (κ2) is 4.37. The van der Waals surface area contributed by atoms with E-state index in [2.05, 4.69) is 0 Å². The van der Waals surface area contributed by atoms with E-state index in [9.17, 15) is 18.3 Å². The van der Waals surface area contributed by atoms with Crippen molar-refractivity contribution in [3.63, 3.8) is 0 Å². The van der Waals surface area contributed by atoms with Crippen molar-refractivity contribution in [3.05, 3.63) is 16.8 Å². The summed E-state index contributed by atoms with van der Waals surface area (Å²) in [6.45, 7) is -0.171. The Labute approximate surface area is 102 Å². The lowest BCUT2D eigenvalue weighted by Gasteiger charge is -2.19. The van der Waals surface area contributed by atoms with Crippen molar-refractivity contribution in [1.82, 2.24) is 4.31 Å². The van der Waals surface area contributed by atoms with E-state index in [-0.39, 0.29) is 17.9 Å². The maximum Gasteiger partial charge on any atom is 0.322 e. The predicted molar refractivity (Wildman–Crippen MR) is 60.3 cm³/mol. The zero-order chi connectivity index (χ0) is 12.6. The van der Waals surface area contributed by atoms with Gasteiger partial charge in [0.2, 0.25) is 10.0 Å². The van der Waals surface area contributed by atoms with E-state index >= 15 is 0 Å². The van der Waals surface area contributed by atoms with E-state index in [0.717, 1.165) is 4.31 Å². The van der Waals surface area contributed by atoms with Crippen LogP contribution in [0.15, 0.2) is 21.7 Å². The van der Waals surface area contributed by atoms with Crippen molar-refractivity contribution in [3.8, 4) is 0 Å². The molecule has 0 aromatic carbocycles. The molecule has 0 radical (unpaired) electrons. The zero-order valence-electron chi connectivity index (χ0n) is 8.68. The molecule has 0 spiro atoms. The topological polar surface area (TPSA) is 94.9 Å². The molecule has 0 aliphatic carbocycles. The molecule has 2 atom stereocenters. The Bertz CT molecular complexity index is 509. The Morgan fingerprint density at radius 3 is 2.76 bits per heavy atom. The first kappa shape index (κ1) is 12.5. The van der Waals surface area contributed by atoms with Gasteiger partial charge >= 0.3 is 5.97 Å². The van der Waals surface area contributed by atoms with E-state index in [1.165, 1.54) is 22.8 Å². The summed E-state index contributed by atoms with van der Waals surface area (Å²) >= 11 is 1.22. The van der Waals surface area contributed by atoms with Crippen LogP contribution in [0, 0.1) is 0 Å². The van der Waals surface area contributed by atoms with Gasteiger partial charge in [-0.3, -0.25) is 4.79 Å². The van der Waals surface area contributed by atoms with Gasteiger partial charge in [0.1, 0.15) is 6.04 Å². The highest BCUT2D eigenvalue weighted by Gasteiger charge is 2.43. The number of thiophene rings is 1. The Hall–Kier alpha value is -0.960. The average Bonchev–Trinajstić information content (AvgIpc) is 2.84. The molecule has 1 aromatic heterocycles. The Kier molecular flexibility index (Phi) is 3.21. The Morgan fingerprint density at radius 2 is 2.24 bits per heavy atom. The lowest BCUT2D eigenvalue weighted by atomic mass is 10.2. The van der Waals surface area contributed by atoms with Crippen molar-refractivity contribution in [2.45, 2.75) is 23.5 Å². The van der Waals surface area contributed by atoms with E-state index in [1.54, 1.807) is 5.38 Å². The minimum absolute atomic E-state index is 0.0707. The predicted octanol–water partition coefficient (Wildman–Crippen LogP) is -0.0434. The standard InChI is InChI=1S/C9H11NO5S2/c11-6-3-8(9(12)13)10(4-6)17(14,15)7-1-2-16-5-7/h1-2,5-6,8,11H,3-4H2,(H,12,13)/t6-,8+/m1/s1. The first-order chi connectivity index (χ1) is 7.93. The quantitative estimate of drug-likeness (QED) is 0.808. The highest BCUT2D eigenvalue weighted by atomic mass is 32.2. The molecule has 94 valence electrons. The van der Waals surface area contributed by atoms with Gasteiger partial charge in [0.15, 0.2) is 0 Å². The molecule has 0 saturated carbocycles. The first-order valence-corrected chi connectivity index (χ1v) is 7.26. The van der Waals surface area contributed by atoms with Crippen LogP contribution in [0.25, 0.3) is 0 Å². The normalized spacial score (nSPS) is 26.2. The number of sulfonamides is 1. The maximum absolute atomic E-state index is 12.1. The number of nitrogens with zero attached hydrogens (tertiary/aromatic N) is 1. The van der Waals surface area contributed by atoms with Crippen LogP contribution in [0.2, 0.25) is 0 Å². The van der Waals surface area contributed by atoms with Gasteiger partial charge in [0.25, 0.3) is 0 Å². The van der Waals surface area contributed by atoms with Crippen LogP contribution in [0.3, 0.4) is 0 Å². The van der Waals surface area contributed by atoms with Crippen molar-refractivity contribution in [2.75, 3.05) is 6.54 Å². The summed E-state index contributed by atoms with van der Waals surface area (Å²) in [5.41, 5.74) is 0. The third-order valence-electron chi connectivity index (χ3n) is 2.62. The summed E-state index contributed by atoms with van der Waals surface area (Å²) in [6, 6.07) is 0.235. The number of hydrogen-bond donors (Lipinski definition) is 2. The van der Waals surface area contributed by atoms with E-state index in [4.69, 9.17) is 5.11 Å². The van der Waals surface area contributed by atoms with Gasteiger partial charge in [-0.25, -0.2) is 8.42 Å². The smallest absolute Gasteiger partial charge is 0.322 e. The Balaban J connectivity index is 2.36. The molecule has 8 heteroatoms. The summed E-state index contributed by atoms with van der Waals surface area (Å²) in [6.07, 6.45) is -0.997. The first-order valence-electron chi connectivity index (χ1n) is 4.88. The third-order valence-corrected chi connectivity index (χ3v) is 5.32. The molecule has 1 aromatic rings. The molecular weight excluding hydrogens is 266 g/mol. The fourth-order valence-electron chi connectivity index (χ4n) is 1.81. The number of carboxylic acids is 1. The molecule has 0 unspecified atom stereocenters. The number of carbonyl (C=O) groups is 1. The molecule has 1 aliphatic rings. The van der Waals surface area contributed by atoms with E-state index in [1.807, 2.05) is 0 Å². The minimum atomic E-state index is -3.82. The second-order valence-corrected chi connectivity index (χ2v) is 6.45. The maximum atomic E-state index is 12.1. The lowest BCUT2D eigenvalue weighted by Crippen LogP contribution is -2.40. The van der Waals surface area contributed by atoms with Gasteiger partial charge in [-0.2, -0.15) is 15.6 Å². The van der Waals surface area contributed by atoms with Crippen molar-refractivity contribution in [1.29, 1.82) is 0 Å². The third kappa shape index (κ3) is 2.21. The van der Waals surface area contributed by atoms with E-state index < -0.39 is 28.1 Å². The van der Waals surface area contributed by atoms with Gasteiger partial charge in [0, 0.05) is 18.3 Å². The highest BCUT2D eigenvalue weighted by molar-refractivity contribution is 7.89. The zero-order valence-corrected chi connectivity index (χ0v) is 10.3. The highest BCUT2D eigenvalue weighted by Crippen LogP contribution is 2.27. The summed E-state index contributed by atoms with van der Waals surface area (Å²) in [4.78, 5) is 11.0. The van der Waals surface area contributed by atoms with Crippen LogP contribution >= 0.6 is 11.3 Å². The van der Waals surface area contributed by atoms with Crippen LogP contribution in [-0.2, 0) is 14.8 Å². The number of rotatable bonds is 3. The van der Waals surface area contributed by atoms with Gasteiger partial charge in [-0.05, 0) is 11.4 Å². The molecule has 0 bridgehead atoms. The van der Waals surface area contributed by atoms with Crippen LogP contribution in [0.5, 0.6) is 0 Å². The molecular formula is C9H11NO5S2. The van der Waals surface area contributed by atoms with Crippen LogP contribution < -0.4 is 0 Å². The SMILES string of the molecule is O=C(O)[C@@H]1C[C@@H](O)CN1S(=O)(=O)c1ccsc1. The van der Waals surface area contributed by atoms with Crippen molar-refractivity contribution in [2.24, 2.45) is 0 Å². The van der Waals surface area contributed by atoms with Gasteiger partial charge in [-0.15, -0.1) is 0 Å². The number of β-amino-alcohol motifs (C(OH)–C–C–N with tert-alkyl or cyclic N) is 1. The van der Waals surface area contributed by atoms with Gasteiger partial charge < -0.3 is 10.2 Å². The lowest BCUT2D eigenvalue weighted by molar-refractivity contribution is -0.140. The molecule has 17 heavy (non-hydrogen) atoms. The van der Waals surface area contributed by atoms with Gasteiger partial charge in [-0.1, -0.05) is 0 Å². The number of carboxylic acid groups (broad SMARTS) is 1. The molecule has 0 amide bonds. The van der Waals surface area contributed by atoms with Crippen LogP contribution in [0.1, 0.15) is 6.42 Å². The molecule has 2 rings (SSSR count). The number of aliphatic hydroxyl groups is 1. The average molecular weight is 277 g/mol. The van der Waals surface area contributed by atoms with Crippen molar-refractivity contribution < 1.29 is 23.4 Å². The molecule has 1 saturated heterocycles. The number of aliphatic carboxylic acids is 1. The molecule has 1 fully saturated rings. The molecule has 2 N–H and O–H groups in total. The molecule has 2 heterocycles. The summed E-state index contributed by atoms with van der Waals surface area (Å²) < 4.78 is 25.1. The van der Waals surface area contributed by atoms with Gasteiger partial charge in [0.05, 0.1) is 11.0 Å². The van der Waals surface area contributed by atoms with Crippen LogP contribution in [0.4, 0.5) is 0 Å². The second-order valence-electron chi connectivity index (χ2n) is 3.78. The summed E-state index contributed by atoms with van der Waals surface area (Å²) in [7, 11) is -3.82. The van der Waals surface area contributed by atoms with Crippen LogP contribution in [-0.4, -0.2) is 47.6 Å². The Morgan fingerprint density at radius 1 is 1.53 bits per heavy atom. The van der Waals surface area contributed by atoms with Crippen molar-refractivity contribution >= 4 is 27.3 Å². The molecule has 6 nitrogen and oxygen atoms in total. The fourth-order valence-corrected chi connectivity index (χ4v) is 4.45. The summed E-state index contributed by atoms with van der Waals surface area (Å²) in [5, 5.41) is 21.4. The monoisotopic (exact) mass is 277 g/mol. The minimum Gasteiger partial charge on any atom is -0.480 e. The molecule has 1 aliphatic heterocycles. The number of hydrogen-bond acceptors (Lipinski definition) is 5. The fraction of sp³-hybridized carbons (Fsp3) is 0.444.